The summed E-state index contributed by atoms with van der Waals surface area (Å²) < 4.78 is 0. The maximum absolute atomic E-state index is 7.03. The molecule has 8 heavy (non-hydrogen) atoms. The summed E-state index contributed by atoms with van der Waals surface area (Å²) in [7, 11) is 0. The first kappa shape index (κ1) is 5.60. The van der Waals surface area contributed by atoms with Gasteiger partial charge in [-0.1, -0.05) is 13.3 Å². The molecular weight excluding hydrogens is 100 g/mol. The molecule has 0 aromatic heterocycles. The van der Waals surface area contributed by atoms with Gasteiger partial charge in [0.25, 0.3) is 0 Å². The van der Waals surface area contributed by atoms with E-state index in [-0.39, 0.29) is 0 Å². The quantitative estimate of drug-likeness (QED) is 0.551. The molecule has 0 amide bonds. The van der Waals surface area contributed by atoms with Gasteiger partial charge >= 0.3 is 0 Å². The van der Waals surface area contributed by atoms with Crippen molar-refractivity contribution in [2.45, 2.75) is 32.2 Å². The van der Waals surface area contributed by atoms with Crippen molar-refractivity contribution in [3.05, 3.63) is 0 Å². The van der Waals surface area contributed by atoms with Crippen LogP contribution in [-0.4, -0.2) is 11.9 Å². The number of hydrogen-bond donors (Lipinski definition) is 2. The summed E-state index contributed by atoms with van der Waals surface area (Å²) in [4.78, 5) is 0. The van der Waals surface area contributed by atoms with E-state index >= 15 is 0 Å². The molecule has 2 heteroatoms. The molecule has 1 aliphatic heterocycles. The number of amidine groups is 1. The molecular formula is C6H12N2. The summed E-state index contributed by atoms with van der Waals surface area (Å²) in [5.74, 6) is 0.712. The fraction of sp³-hybridized carbons (Fsp3) is 0.833. The fourth-order valence-electron chi connectivity index (χ4n) is 0.994. The third-order valence-corrected chi connectivity index (χ3v) is 1.47. The van der Waals surface area contributed by atoms with Gasteiger partial charge in [-0.15, -0.1) is 0 Å². The van der Waals surface area contributed by atoms with Gasteiger partial charge in [0.1, 0.15) is 0 Å². The first-order valence-corrected chi connectivity index (χ1v) is 3.17. The summed E-state index contributed by atoms with van der Waals surface area (Å²) >= 11 is 0. The van der Waals surface area contributed by atoms with E-state index in [4.69, 9.17) is 5.41 Å². The van der Waals surface area contributed by atoms with E-state index in [2.05, 4.69) is 12.2 Å². The van der Waals surface area contributed by atoms with E-state index in [0.717, 1.165) is 6.42 Å². The zero-order valence-corrected chi connectivity index (χ0v) is 5.20. The lowest BCUT2D eigenvalue weighted by Crippen LogP contribution is -2.47. The summed E-state index contributed by atoms with van der Waals surface area (Å²) in [6, 6.07) is 0.632. The monoisotopic (exact) mass is 112 g/mol. The van der Waals surface area contributed by atoms with Gasteiger partial charge in [-0.3, -0.25) is 5.41 Å². The van der Waals surface area contributed by atoms with Gasteiger partial charge in [0.2, 0.25) is 0 Å². The Kier molecular flexibility index (Phi) is 1.51. The minimum Gasteiger partial charge on any atom is -0.371 e. The van der Waals surface area contributed by atoms with Crippen LogP contribution >= 0.6 is 0 Å². The molecule has 0 spiro atoms. The van der Waals surface area contributed by atoms with Crippen molar-refractivity contribution >= 4 is 5.84 Å². The zero-order valence-electron chi connectivity index (χ0n) is 5.20. The Morgan fingerprint density at radius 2 is 2.50 bits per heavy atom. The molecule has 2 nitrogen and oxygen atoms in total. The van der Waals surface area contributed by atoms with Crippen molar-refractivity contribution in [2.24, 2.45) is 0 Å². The molecule has 1 aliphatic rings. The summed E-state index contributed by atoms with van der Waals surface area (Å²) in [6.07, 6.45) is 3.43. The Balaban J connectivity index is 2.06. The Morgan fingerprint density at radius 3 is 2.88 bits per heavy atom. The minimum atomic E-state index is 0.632. The molecule has 1 saturated heterocycles. The average molecular weight is 112 g/mol. The molecule has 0 radical (unpaired) electrons. The van der Waals surface area contributed by atoms with Crippen LogP contribution in [0.3, 0.4) is 0 Å². The third kappa shape index (κ3) is 0.997. The predicted molar refractivity (Wildman–Crippen MR) is 34.2 cm³/mol. The van der Waals surface area contributed by atoms with Gasteiger partial charge in [-0.2, -0.15) is 0 Å². The summed E-state index contributed by atoms with van der Waals surface area (Å²) in [5.41, 5.74) is 0. The number of nitrogens with one attached hydrogen (secondary N) is 2. The van der Waals surface area contributed by atoms with Crippen LogP contribution in [0.25, 0.3) is 0 Å². The molecule has 1 heterocycles. The van der Waals surface area contributed by atoms with Crippen LogP contribution in [0, 0.1) is 5.41 Å². The standard InChI is InChI=1S/C6H12N2/c1-2-3-5-4-6(7)8-5/h5H,2-4H2,1H3,(H2,7,8). The van der Waals surface area contributed by atoms with Crippen LogP contribution < -0.4 is 5.32 Å². The van der Waals surface area contributed by atoms with Crippen molar-refractivity contribution in [3.63, 3.8) is 0 Å². The third-order valence-electron chi connectivity index (χ3n) is 1.47. The zero-order chi connectivity index (χ0) is 5.98. The maximum atomic E-state index is 7.03. The van der Waals surface area contributed by atoms with Crippen LogP contribution in [0.15, 0.2) is 0 Å². The molecule has 1 fully saturated rings. The van der Waals surface area contributed by atoms with Gasteiger partial charge in [-0.25, -0.2) is 0 Å². The number of rotatable bonds is 2. The second kappa shape index (κ2) is 2.16. The van der Waals surface area contributed by atoms with Crippen LogP contribution in [0.5, 0.6) is 0 Å². The van der Waals surface area contributed by atoms with Gasteiger partial charge < -0.3 is 5.32 Å². The second-order valence-electron chi connectivity index (χ2n) is 2.31. The predicted octanol–water partition coefficient (Wildman–Crippen LogP) is 1.13. The minimum absolute atomic E-state index is 0.632. The number of hydrogen-bond acceptors (Lipinski definition) is 1. The van der Waals surface area contributed by atoms with Gasteiger partial charge in [0.15, 0.2) is 0 Å². The van der Waals surface area contributed by atoms with E-state index in [1.165, 1.54) is 12.8 Å². The van der Waals surface area contributed by atoms with Gasteiger partial charge in [-0.05, 0) is 6.42 Å². The first-order chi connectivity index (χ1) is 3.83. The van der Waals surface area contributed by atoms with Crippen molar-refractivity contribution in [1.82, 2.24) is 5.32 Å². The Bertz CT molecular complexity index is 90.7. The SMILES string of the molecule is CCCC1CC(=N)N1. The van der Waals surface area contributed by atoms with Crippen LogP contribution in [0.2, 0.25) is 0 Å². The van der Waals surface area contributed by atoms with Crippen LogP contribution in [0.1, 0.15) is 26.2 Å². The highest BCUT2D eigenvalue weighted by molar-refractivity contribution is 5.85. The van der Waals surface area contributed by atoms with Crippen LogP contribution in [0.4, 0.5) is 0 Å². The Hall–Kier alpha value is -0.530. The smallest absolute Gasteiger partial charge is 0.0954 e. The molecule has 2 N–H and O–H groups in total. The van der Waals surface area contributed by atoms with Crippen LogP contribution in [-0.2, 0) is 0 Å². The van der Waals surface area contributed by atoms with Crippen molar-refractivity contribution in [3.8, 4) is 0 Å². The highest BCUT2D eigenvalue weighted by Crippen LogP contribution is 2.09. The molecule has 0 bridgehead atoms. The van der Waals surface area contributed by atoms with Crippen molar-refractivity contribution in [1.29, 1.82) is 5.41 Å². The lowest BCUT2D eigenvalue weighted by atomic mass is 10.0. The molecule has 0 aromatic rings. The van der Waals surface area contributed by atoms with E-state index in [0.29, 0.717) is 11.9 Å². The Morgan fingerprint density at radius 1 is 1.88 bits per heavy atom. The second-order valence-corrected chi connectivity index (χ2v) is 2.31. The van der Waals surface area contributed by atoms with E-state index < -0.39 is 0 Å². The normalized spacial score (nSPS) is 26.6. The largest absolute Gasteiger partial charge is 0.371 e. The van der Waals surface area contributed by atoms with Gasteiger partial charge in [0, 0.05) is 12.5 Å². The molecule has 1 atom stereocenters. The summed E-state index contributed by atoms with van der Waals surface area (Å²) in [6.45, 7) is 2.17. The highest BCUT2D eigenvalue weighted by Gasteiger charge is 2.19. The molecule has 1 rings (SSSR count). The fourth-order valence-corrected chi connectivity index (χ4v) is 0.994. The van der Waals surface area contributed by atoms with Crippen molar-refractivity contribution < 1.29 is 0 Å². The lowest BCUT2D eigenvalue weighted by molar-refractivity contribution is 0.497. The van der Waals surface area contributed by atoms with E-state index in [9.17, 15) is 0 Å². The van der Waals surface area contributed by atoms with Gasteiger partial charge in [0.05, 0.1) is 5.84 Å². The maximum Gasteiger partial charge on any atom is 0.0954 e. The van der Waals surface area contributed by atoms with E-state index in [1.807, 2.05) is 0 Å². The molecule has 0 saturated carbocycles. The average Bonchev–Trinajstić information content (AvgIpc) is 1.64. The first-order valence-electron chi connectivity index (χ1n) is 3.17. The molecule has 46 valence electrons. The Labute approximate surface area is 49.8 Å². The molecule has 1 unspecified atom stereocenters. The molecule has 0 aliphatic carbocycles. The lowest BCUT2D eigenvalue weighted by Gasteiger charge is -2.28. The molecule has 0 aromatic carbocycles. The topological polar surface area (TPSA) is 35.9 Å². The van der Waals surface area contributed by atoms with E-state index in [1.54, 1.807) is 0 Å². The summed E-state index contributed by atoms with van der Waals surface area (Å²) in [5, 5.41) is 10.1. The van der Waals surface area contributed by atoms with Crippen molar-refractivity contribution in [2.75, 3.05) is 0 Å². The highest BCUT2D eigenvalue weighted by atomic mass is 15.0.